The van der Waals surface area contributed by atoms with E-state index < -0.39 is 0 Å². The van der Waals surface area contributed by atoms with Crippen molar-refractivity contribution in [3.05, 3.63) is 48.2 Å². The molecular formula is C15H18FN3O. The minimum atomic E-state index is -0.299. The number of ether oxygens (including phenoxy) is 1. The van der Waals surface area contributed by atoms with Gasteiger partial charge in [-0.1, -0.05) is 0 Å². The van der Waals surface area contributed by atoms with Crippen LogP contribution in [0, 0.1) is 5.82 Å². The second-order valence-corrected chi connectivity index (χ2v) is 5.51. The number of hydrogen-bond acceptors (Lipinski definition) is 4. The molecule has 0 aliphatic rings. The molecule has 0 amide bonds. The fraction of sp³-hybridized carbons (Fsp3) is 0.333. The van der Waals surface area contributed by atoms with Gasteiger partial charge in [-0.15, -0.1) is 0 Å². The summed E-state index contributed by atoms with van der Waals surface area (Å²) in [5.74, 6) is 0.623. The van der Waals surface area contributed by atoms with Crippen LogP contribution in [0.5, 0.6) is 11.6 Å². The maximum atomic E-state index is 12.8. The molecule has 1 aromatic carbocycles. The molecule has 0 aliphatic carbocycles. The molecule has 0 spiro atoms. The zero-order valence-corrected chi connectivity index (χ0v) is 11.9. The van der Waals surface area contributed by atoms with Crippen LogP contribution in [0.4, 0.5) is 4.39 Å². The molecule has 0 fully saturated rings. The molecule has 0 bridgehead atoms. The molecule has 1 N–H and O–H groups in total. The summed E-state index contributed by atoms with van der Waals surface area (Å²) in [5, 5.41) is 3.33. The largest absolute Gasteiger partial charge is 0.437 e. The van der Waals surface area contributed by atoms with Crippen molar-refractivity contribution in [3.8, 4) is 11.6 Å². The lowest BCUT2D eigenvalue weighted by molar-refractivity contribution is 0.414. The summed E-state index contributed by atoms with van der Waals surface area (Å²) >= 11 is 0. The maximum absolute atomic E-state index is 12.8. The van der Waals surface area contributed by atoms with Crippen molar-refractivity contribution in [3.63, 3.8) is 0 Å². The van der Waals surface area contributed by atoms with E-state index in [0.717, 1.165) is 5.69 Å². The molecule has 4 nitrogen and oxygen atoms in total. The highest BCUT2D eigenvalue weighted by atomic mass is 19.1. The molecule has 1 heterocycles. The number of benzene rings is 1. The van der Waals surface area contributed by atoms with Crippen molar-refractivity contribution in [2.75, 3.05) is 0 Å². The summed E-state index contributed by atoms with van der Waals surface area (Å²) in [5.41, 5.74) is 0.801. The smallest absolute Gasteiger partial charge is 0.238 e. The quantitative estimate of drug-likeness (QED) is 0.930. The topological polar surface area (TPSA) is 47.0 Å². The van der Waals surface area contributed by atoms with E-state index in [1.807, 2.05) is 0 Å². The third kappa shape index (κ3) is 4.59. The second-order valence-electron chi connectivity index (χ2n) is 5.51. The van der Waals surface area contributed by atoms with Crippen molar-refractivity contribution in [1.29, 1.82) is 0 Å². The lowest BCUT2D eigenvalue weighted by atomic mass is 10.1. The Morgan fingerprint density at radius 3 is 2.50 bits per heavy atom. The molecule has 0 aliphatic heterocycles. The summed E-state index contributed by atoms with van der Waals surface area (Å²) in [6.45, 7) is 6.86. The standard InChI is InChI=1S/C15H18FN3O/c1-15(2,3)18-9-12-8-17-10-14(19-12)20-13-6-4-11(16)5-7-13/h4-8,10,18H,9H2,1-3H3. The molecule has 0 atom stereocenters. The van der Waals surface area contributed by atoms with Crippen molar-refractivity contribution in [1.82, 2.24) is 15.3 Å². The van der Waals surface area contributed by atoms with E-state index in [-0.39, 0.29) is 11.4 Å². The molecule has 1 aromatic heterocycles. The van der Waals surface area contributed by atoms with Crippen LogP contribution in [0.1, 0.15) is 26.5 Å². The molecule has 5 heteroatoms. The Bertz CT molecular complexity index is 564. The highest BCUT2D eigenvalue weighted by Crippen LogP contribution is 2.19. The van der Waals surface area contributed by atoms with Gasteiger partial charge in [-0.25, -0.2) is 9.37 Å². The van der Waals surface area contributed by atoms with Crippen molar-refractivity contribution in [2.24, 2.45) is 0 Å². The molecule has 2 aromatic rings. The summed E-state index contributed by atoms with van der Waals surface area (Å²) in [4.78, 5) is 8.45. The summed E-state index contributed by atoms with van der Waals surface area (Å²) in [7, 11) is 0. The Morgan fingerprint density at radius 2 is 1.85 bits per heavy atom. The molecule has 20 heavy (non-hydrogen) atoms. The molecule has 0 saturated carbocycles. The van der Waals surface area contributed by atoms with Crippen LogP contribution >= 0.6 is 0 Å². The first-order chi connectivity index (χ1) is 9.42. The third-order valence-electron chi connectivity index (χ3n) is 2.50. The Morgan fingerprint density at radius 1 is 1.15 bits per heavy atom. The van der Waals surface area contributed by atoms with E-state index in [0.29, 0.717) is 18.2 Å². The first-order valence-electron chi connectivity index (χ1n) is 6.42. The van der Waals surface area contributed by atoms with Crippen LogP contribution in [-0.4, -0.2) is 15.5 Å². The van der Waals surface area contributed by atoms with Gasteiger partial charge in [0.25, 0.3) is 0 Å². The summed E-state index contributed by atoms with van der Waals surface area (Å²) in [6.07, 6.45) is 3.22. The van der Waals surface area contributed by atoms with Gasteiger partial charge in [0, 0.05) is 18.3 Å². The normalized spacial score (nSPS) is 11.4. The Hall–Kier alpha value is -2.01. The lowest BCUT2D eigenvalue weighted by Gasteiger charge is -2.20. The molecule has 2 rings (SSSR count). The molecule has 0 saturated heterocycles. The van der Waals surface area contributed by atoms with E-state index in [1.165, 1.54) is 18.3 Å². The van der Waals surface area contributed by atoms with E-state index in [4.69, 9.17) is 4.74 Å². The lowest BCUT2D eigenvalue weighted by Crippen LogP contribution is -2.35. The van der Waals surface area contributed by atoms with E-state index in [2.05, 4.69) is 36.1 Å². The van der Waals surface area contributed by atoms with Gasteiger partial charge < -0.3 is 10.1 Å². The monoisotopic (exact) mass is 275 g/mol. The van der Waals surface area contributed by atoms with Gasteiger partial charge in [0.05, 0.1) is 11.9 Å². The highest BCUT2D eigenvalue weighted by Gasteiger charge is 2.09. The predicted octanol–water partition coefficient (Wildman–Crippen LogP) is 3.30. The van der Waals surface area contributed by atoms with Crippen molar-refractivity contribution < 1.29 is 9.13 Å². The van der Waals surface area contributed by atoms with E-state index in [9.17, 15) is 4.39 Å². The first kappa shape index (κ1) is 14.4. The number of nitrogens with zero attached hydrogens (tertiary/aromatic N) is 2. The Balaban J connectivity index is 2.04. The van der Waals surface area contributed by atoms with Crippen LogP contribution in [0.3, 0.4) is 0 Å². The van der Waals surface area contributed by atoms with Crippen LogP contribution < -0.4 is 10.1 Å². The van der Waals surface area contributed by atoms with Crippen LogP contribution in [0.2, 0.25) is 0 Å². The van der Waals surface area contributed by atoms with E-state index in [1.54, 1.807) is 18.3 Å². The fourth-order valence-corrected chi connectivity index (χ4v) is 1.50. The van der Waals surface area contributed by atoms with Gasteiger partial charge in [-0.05, 0) is 45.0 Å². The average Bonchev–Trinajstić information content (AvgIpc) is 2.39. The van der Waals surface area contributed by atoms with Gasteiger partial charge in [0.1, 0.15) is 11.6 Å². The van der Waals surface area contributed by atoms with Crippen molar-refractivity contribution >= 4 is 0 Å². The number of halogens is 1. The zero-order chi connectivity index (χ0) is 14.6. The van der Waals surface area contributed by atoms with Gasteiger partial charge in [0.15, 0.2) is 0 Å². The molecule has 0 unspecified atom stereocenters. The minimum absolute atomic E-state index is 0.00942. The number of nitrogens with one attached hydrogen (secondary N) is 1. The third-order valence-corrected chi connectivity index (χ3v) is 2.50. The maximum Gasteiger partial charge on any atom is 0.238 e. The number of rotatable bonds is 4. The Kier molecular flexibility index (Phi) is 4.29. The van der Waals surface area contributed by atoms with Crippen LogP contribution in [-0.2, 0) is 6.54 Å². The number of hydrogen-bond donors (Lipinski definition) is 1. The molecule has 0 radical (unpaired) electrons. The van der Waals surface area contributed by atoms with Crippen LogP contribution in [0.15, 0.2) is 36.7 Å². The minimum Gasteiger partial charge on any atom is -0.437 e. The summed E-state index contributed by atoms with van der Waals surface area (Å²) < 4.78 is 18.3. The molecule has 106 valence electrons. The summed E-state index contributed by atoms with van der Waals surface area (Å²) in [6, 6.07) is 5.79. The van der Waals surface area contributed by atoms with Gasteiger partial charge in [-0.2, -0.15) is 0 Å². The SMILES string of the molecule is CC(C)(C)NCc1cncc(Oc2ccc(F)cc2)n1. The Labute approximate surface area is 118 Å². The predicted molar refractivity (Wildman–Crippen MR) is 75.1 cm³/mol. The van der Waals surface area contributed by atoms with Gasteiger partial charge in [-0.3, -0.25) is 4.98 Å². The van der Waals surface area contributed by atoms with Crippen LogP contribution in [0.25, 0.3) is 0 Å². The molecular weight excluding hydrogens is 257 g/mol. The first-order valence-corrected chi connectivity index (χ1v) is 6.42. The number of aromatic nitrogens is 2. The second kappa shape index (κ2) is 5.96. The average molecular weight is 275 g/mol. The highest BCUT2D eigenvalue weighted by molar-refractivity contribution is 5.26. The van der Waals surface area contributed by atoms with Gasteiger partial charge >= 0.3 is 0 Å². The fourth-order valence-electron chi connectivity index (χ4n) is 1.50. The van der Waals surface area contributed by atoms with Gasteiger partial charge in [0.2, 0.25) is 5.88 Å². The zero-order valence-electron chi connectivity index (χ0n) is 11.9. The van der Waals surface area contributed by atoms with Crippen molar-refractivity contribution in [2.45, 2.75) is 32.9 Å². The van der Waals surface area contributed by atoms with E-state index >= 15 is 0 Å².